The Morgan fingerprint density at radius 1 is 1.24 bits per heavy atom. The Morgan fingerprint density at radius 3 is 2.74 bits per heavy atom. The minimum absolute atomic E-state index is 0.175. The summed E-state index contributed by atoms with van der Waals surface area (Å²) in [5.41, 5.74) is 4.19. The summed E-state index contributed by atoms with van der Waals surface area (Å²) in [4.78, 5) is 22.8. The molecule has 6 rings (SSSR count). The SMILES string of the molecule is COC(=O)CN1CCC2(CC1)CN(C(O)N1CC=C(c3cccn4nc(Nc5cnn(C)c5)nc34)CC1)C2. The fourth-order valence-electron chi connectivity index (χ4n) is 5.92. The lowest BCUT2D eigenvalue weighted by Gasteiger charge is -2.56. The van der Waals surface area contributed by atoms with Crippen molar-refractivity contribution < 1.29 is 14.6 Å². The molecule has 12 heteroatoms. The van der Waals surface area contributed by atoms with E-state index in [1.54, 1.807) is 15.4 Å². The molecule has 3 aliphatic rings. The molecular weight excluding hydrogens is 486 g/mol. The van der Waals surface area contributed by atoms with Crippen LogP contribution in [0.4, 0.5) is 11.6 Å². The molecule has 12 nitrogen and oxygen atoms in total. The number of carbonyl (C=O) groups is 1. The van der Waals surface area contributed by atoms with Crippen LogP contribution in [0.2, 0.25) is 0 Å². The third kappa shape index (κ3) is 4.92. The molecule has 1 spiro atoms. The van der Waals surface area contributed by atoms with E-state index in [9.17, 15) is 9.90 Å². The average Bonchev–Trinajstić information content (AvgIpc) is 3.52. The van der Waals surface area contributed by atoms with Gasteiger partial charge < -0.3 is 15.2 Å². The summed E-state index contributed by atoms with van der Waals surface area (Å²) in [7, 11) is 3.31. The van der Waals surface area contributed by atoms with E-state index >= 15 is 0 Å². The quantitative estimate of drug-likeness (QED) is 0.439. The molecule has 2 saturated heterocycles. The van der Waals surface area contributed by atoms with E-state index in [2.05, 4.69) is 42.4 Å². The first-order chi connectivity index (χ1) is 18.4. The maximum Gasteiger partial charge on any atom is 0.319 e. The molecule has 1 unspecified atom stereocenters. The molecule has 0 aliphatic carbocycles. The number of carbonyl (C=O) groups excluding carboxylic acids is 1. The number of hydrogen-bond donors (Lipinski definition) is 2. The van der Waals surface area contributed by atoms with Crippen molar-refractivity contribution in [3.05, 3.63) is 42.4 Å². The van der Waals surface area contributed by atoms with E-state index in [0.29, 0.717) is 19.0 Å². The lowest BCUT2D eigenvalue weighted by Crippen LogP contribution is -2.66. The van der Waals surface area contributed by atoms with Crippen molar-refractivity contribution in [2.45, 2.75) is 25.6 Å². The van der Waals surface area contributed by atoms with Gasteiger partial charge in [-0.2, -0.15) is 10.1 Å². The summed E-state index contributed by atoms with van der Waals surface area (Å²) >= 11 is 0. The van der Waals surface area contributed by atoms with Crippen LogP contribution >= 0.6 is 0 Å². The smallest absolute Gasteiger partial charge is 0.319 e. The molecule has 0 saturated carbocycles. The maximum absolute atomic E-state index is 11.6. The van der Waals surface area contributed by atoms with E-state index in [1.165, 1.54) is 12.7 Å². The number of methoxy groups -OCH3 is 1. The number of pyridine rings is 1. The number of ether oxygens (including phenoxy) is 1. The van der Waals surface area contributed by atoms with Gasteiger partial charge in [0.15, 0.2) is 12.0 Å². The number of aliphatic hydroxyl groups is 1. The highest BCUT2D eigenvalue weighted by Gasteiger charge is 2.47. The van der Waals surface area contributed by atoms with Crippen LogP contribution in [0.1, 0.15) is 24.8 Å². The zero-order valence-corrected chi connectivity index (χ0v) is 22.0. The van der Waals surface area contributed by atoms with Crippen molar-refractivity contribution in [2.75, 3.05) is 58.2 Å². The predicted molar refractivity (Wildman–Crippen MR) is 141 cm³/mol. The van der Waals surface area contributed by atoms with E-state index < -0.39 is 6.35 Å². The highest BCUT2D eigenvalue weighted by Crippen LogP contribution is 2.41. The molecule has 3 aliphatic heterocycles. The average molecular weight is 522 g/mol. The van der Waals surface area contributed by atoms with Crippen LogP contribution < -0.4 is 5.32 Å². The second-order valence-electron chi connectivity index (χ2n) is 10.7. The molecule has 0 aromatic carbocycles. The fourth-order valence-corrected chi connectivity index (χ4v) is 5.92. The monoisotopic (exact) mass is 521 g/mol. The number of rotatable bonds is 7. The standard InChI is InChI=1S/C26H35N9O3/c1-31-15-20(14-27-31)28-24-29-23-21(4-3-9-35(23)30-24)19-5-10-33(11-6-19)25(37)34-17-26(18-34)7-12-32(13-8-26)16-22(36)38-2/h3-5,9,14-15,25,37H,6-8,10-13,16-18H2,1-2H3,(H,28,30). The van der Waals surface area contributed by atoms with Crippen molar-refractivity contribution in [1.29, 1.82) is 0 Å². The van der Waals surface area contributed by atoms with Crippen molar-refractivity contribution >= 4 is 28.8 Å². The fraction of sp³-hybridized carbons (Fsp3) is 0.538. The first kappa shape index (κ1) is 25.0. The molecule has 1 atom stereocenters. The summed E-state index contributed by atoms with van der Waals surface area (Å²) in [5, 5.41) is 23.1. The van der Waals surface area contributed by atoms with Gasteiger partial charge in [-0.15, -0.1) is 5.10 Å². The summed E-state index contributed by atoms with van der Waals surface area (Å²) in [6.07, 6.45) is 10.1. The van der Waals surface area contributed by atoms with Gasteiger partial charge in [-0.25, -0.2) is 4.52 Å². The number of hydrogen-bond acceptors (Lipinski definition) is 10. The molecular formula is C26H35N9O3. The van der Waals surface area contributed by atoms with Crippen molar-refractivity contribution in [3.8, 4) is 0 Å². The summed E-state index contributed by atoms with van der Waals surface area (Å²) in [6, 6.07) is 4.07. The minimum atomic E-state index is -0.578. The molecule has 202 valence electrons. The predicted octanol–water partition coefficient (Wildman–Crippen LogP) is 1.14. The lowest BCUT2D eigenvalue weighted by molar-refractivity contribution is -0.188. The number of aliphatic hydroxyl groups excluding tert-OH is 1. The number of nitrogens with one attached hydrogen (secondary N) is 1. The van der Waals surface area contributed by atoms with Gasteiger partial charge in [0.25, 0.3) is 0 Å². The Bertz CT molecular complexity index is 1330. The van der Waals surface area contributed by atoms with Gasteiger partial charge >= 0.3 is 5.97 Å². The Balaban J connectivity index is 1.05. The molecule has 2 fully saturated rings. The molecule has 0 radical (unpaired) electrons. The third-order valence-electron chi connectivity index (χ3n) is 8.14. The van der Waals surface area contributed by atoms with Crippen molar-refractivity contribution in [1.82, 2.24) is 39.1 Å². The van der Waals surface area contributed by atoms with Gasteiger partial charge in [0.1, 0.15) is 0 Å². The summed E-state index contributed by atoms with van der Waals surface area (Å²) in [5.74, 6) is 0.355. The van der Waals surface area contributed by atoms with Crippen LogP contribution in [0.25, 0.3) is 11.2 Å². The molecule has 0 amide bonds. The van der Waals surface area contributed by atoms with Crippen molar-refractivity contribution in [3.63, 3.8) is 0 Å². The maximum atomic E-state index is 11.6. The van der Waals surface area contributed by atoms with Gasteiger partial charge in [-0.3, -0.25) is 24.2 Å². The summed E-state index contributed by atoms with van der Waals surface area (Å²) < 4.78 is 8.32. The second kappa shape index (κ2) is 10.1. The van der Waals surface area contributed by atoms with E-state index in [-0.39, 0.29) is 11.4 Å². The highest BCUT2D eigenvalue weighted by molar-refractivity contribution is 5.77. The van der Waals surface area contributed by atoms with Crippen LogP contribution in [0, 0.1) is 5.41 Å². The van der Waals surface area contributed by atoms with Crippen molar-refractivity contribution in [2.24, 2.45) is 12.5 Å². The highest BCUT2D eigenvalue weighted by atomic mass is 16.5. The molecule has 6 heterocycles. The number of esters is 1. The van der Waals surface area contributed by atoms with Gasteiger partial charge in [0.05, 0.1) is 25.5 Å². The Labute approximate surface area is 221 Å². The molecule has 0 bridgehead atoms. The van der Waals surface area contributed by atoms with Crippen LogP contribution in [-0.2, 0) is 16.6 Å². The minimum Gasteiger partial charge on any atom is -0.468 e. The number of aryl methyl sites for hydroxylation is 1. The molecule has 3 aromatic heterocycles. The number of piperidine rings is 1. The van der Waals surface area contributed by atoms with Crippen LogP contribution in [0.5, 0.6) is 0 Å². The van der Waals surface area contributed by atoms with Gasteiger partial charge in [0, 0.05) is 51.2 Å². The number of anilines is 2. The third-order valence-corrected chi connectivity index (χ3v) is 8.14. The van der Waals surface area contributed by atoms with Crippen LogP contribution in [0.15, 0.2) is 36.8 Å². The van der Waals surface area contributed by atoms with Gasteiger partial charge in [0.2, 0.25) is 5.95 Å². The molecule has 2 N–H and O–H groups in total. The summed E-state index contributed by atoms with van der Waals surface area (Å²) in [6.45, 7) is 5.44. The number of fused-ring (bicyclic) bond motifs is 1. The van der Waals surface area contributed by atoms with E-state index in [4.69, 9.17) is 9.72 Å². The zero-order chi connectivity index (χ0) is 26.3. The Morgan fingerprint density at radius 2 is 2.05 bits per heavy atom. The topological polar surface area (TPSA) is 116 Å². The Hall–Kier alpha value is -3.32. The second-order valence-corrected chi connectivity index (χ2v) is 10.7. The van der Waals surface area contributed by atoms with E-state index in [0.717, 1.165) is 68.9 Å². The number of likely N-dealkylation sites (tertiary alicyclic amines) is 2. The van der Waals surface area contributed by atoms with E-state index in [1.807, 2.05) is 25.5 Å². The number of aromatic nitrogens is 5. The zero-order valence-electron chi connectivity index (χ0n) is 22.0. The van der Waals surface area contributed by atoms with Crippen LogP contribution in [0.3, 0.4) is 0 Å². The van der Waals surface area contributed by atoms with Gasteiger partial charge in [-0.1, -0.05) is 6.08 Å². The lowest BCUT2D eigenvalue weighted by atomic mass is 9.72. The van der Waals surface area contributed by atoms with Gasteiger partial charge in [-0.05, 0) is 55.5 Å². The first-order valence-electron chi connectivity index (χ1n) is 13.2. The first-order valence-corrected chi connectivity index (χ1v) is 13.2. The largest absolute Gasteiger partial charge is 0.468 e. The van der Waals surface area contributed by atoms with Crippen LogP contribution in [-0.4, -0.2) is 109 Å². The normalized spacial score (nSPS) is 21.3. The molecule has 3 aromatic rings. The molecule has 38 heavy (non-hydrogen) atoms. The number of nitrogens with zero attached hydrogens (tertiary/aromatic N) is 8. The Kier molecular flexibility index (Phi) is 6.64.